The van der Waals surface area contributed by atoms with Crippen LogP contribution in [0.4, 0.5) is 0 Å². The van der Waals surface area contributed by atoms with Gasteiger partial charge in [0.15, 0.2) is 11.5 Å². The Labute approximate surface area is 124 Å². The van der Waals surface area contributed by atoms with Crippen molar-refractivity contribution in [2.45, 2.75) is 32.7 Å². The molecule has 6 nitrogen and oxygen atoms in total. The number of methoxy groups -OCH3 is 1. The molecule has 21 heavy (non-hydrogen) atoms. The lowest BCUT2D eigenvalue weighted by molar-refractivity contribution is -0.137. The number of hydrogen-bond acceptors (Lipinski definition) is 4. The highest BCUT2D eigenvalue weighted by Gasteiger charge is 2.14. The third kappa shape index (κ3) is 5.33. The van der Waals surface area contributed by atoms with Crippen LogP contribution in [0.1, 0.15) is 37.0 Å². The average Bonchev–Trinajstić information content (AvgIpc) is 2.45. The van der Waals surface area contributed by atoms with Crippen LogP contribution in [0.5, 0.6) is 11.5 Å². The molecule has 0 aliphatic carbocycles. The van der Waals surface area contributed by atoms with E-state index in [0.717, 1.165) is 0 Å². The molecule has 1 aromatic rings. The second-order valence-electron chi connectivity index (χ2n) is 4.61. The lowest BCUT2D eigenvalue weighted by atomic mass is 10.1. The van der Waals surface area contributed by atoms with Gasteiger partial charge < -0.3 is 19.9 Å². The Hall–Kier alpha value is -2.24. The third-order valence-corrected chi connectivity index (χ3v) is 2.89. The van der Waals surface area contributed by atoms with Gasteiger partial charge in [0.05, 0.1) is 13.7 Å². The van der Waals surface area contributed by atoms with E-state index < -0.39 is 5.97 Å². The fraction of sp³-hybridized carbons (Fsp3) is 0.467. The number of ether oxygens (including phenoxy) is 2. The SMILES string of the molecule is CCOc1cc(C(=O)NC(C)CCC(=O)O)ccc1OC. The fourth-order valence-corrected chi connectivity index (χ4v) is 1.81. The van der Waals surface area contributed by atoms with Crippen LogP contribution in [0.3, 0.4) is 0 Å². The van der Waals surface area contributed by atoms with Gasteiger partial charge in [0.2, 0.25) is 0 Å². The molecule has 1 unspecified atom stereocenters. The van der Waals surface area contributed by atoms with Gasteiger partial charge in [0, 0.05) is 18.0 Å². The number of carboxylic acids is 1. The maximum Gasteiger partial charge on any atom is 0.303 e. The Morgan fingerprint density at radius 1 is 1.33 bits per heavy atom. The minimum atomic E-state index is -0.876. The molecule has 0 spiro atoms. The van der Waals surface area contributed by atoms with Crippen LogP contribution in [-0.2, 0) is 4.79 Å². The first-order valence-electron chi connectivity index (χ1n) is 6.81. The zero-order valence-corrected chi connectivity index (χ0v) is 12.5. The summed E-state index contributed by atoms with van der Waals surface area (Å²) in [6.45, 7) is 4.09. The summed E-state index contributed by atoms with van der Waals surface area (Å²) in [5, 5.41) is 11.4. The van der Waals surface area contributed by atoms with Crippen molar-refractivity contribution in [1.82, 2.24) is 5.32 Å². The predicted molar refractivity (Wildman–Crippen MR) is 78.0 cm³/mol. The minimum Gasteiger partial charge on any atom is -0.493 e. The Balaban J connectivity index is 2.73. The van der Waals surface area contributed by atoms with Crippen molar-refractivity contribution in [2.24, 2.45) is 0 Å². The molecule has 1 atom stereocenters. The van der Waals surface area contributed by atoms with Crippen molar-refractivity contribution in [3.05, 3.63) is 23.8 Å². The van der Waals surface area contributed by atoms with Crippen LogP contribution in [0, 0.1) is 0 Å². The first-order chi connectivity index (χ1) is 9.97. The quantitative estimate of drug-likeness (QED) is 0.767. The molecule has 0 saturated heterocycles. The van der Waals surface area contributed by atoms with Crippen LogP contribution >= 0.6 is 0 Å². The van der Waals surface area contributed by atoms with Crippen molar-refractivity contribution in [3.63, 3.8) is 0 Å². The van der Waals surface area contributed by atoms with Gasteiger partial charge in [-0.3, -0.25) is 9.59 Å². The number of hydrogen-bond donors (Lipinski definition) is 2. The van der Waals surface area contributed by atoms with Gasteiger partial charge in [-0.1, -0.05) is 0 Å². The molecular formula is C15H21NO5. The van der Waals surface area contributed by atoms with Gasteiger partial charge in [-0.2, -0.15) is 0 Å². The Morgan fingerprint density at radius 3 is 2.62 bits per heavy atom. The van der Waals surface area contributed by atoms with Crippen molar-refractivity contribution in [1.29, 1.82) is 0 Å². The summed E-state index contributed by atoms with van der Waals surface area (Å²) in [5.41, 5.74) is 0.446. The largest absolute Gasteiger partial charge is 0.493 e. The van der Waals surface area contributed by atoms with Crippen LogP contribution in [0.25, 0.3) is 0 Å². The minimum absolute atomic E-state index is 0.0221. The summed E-state index contributed by atoms with van der Waals surface area (Å²) in [6.07, 6.45) is 0.407. The number of amides is 1. The number of aliphatic carboxylic acids is 1. The molecular weight excluding hydrogens is 274 g/mol. The number of carboxylic acid groups (broad SMARTS) is 1. The molecule has 1 aromatic carbocycles. The average molecular weight is 295 g/mol. The first kappa shape index (κ1) is 16.8. The molecule has 1 rings (SSSR count). The fourth-order valence-electron chi connectivity index (χ4n) is 1.81. The molecule has 0 heterocycles. The van der Waals surface area contributed by atoms with E-state index in [0.29, 0.717) is 30.1 Å². The molecule has 0 aliphatic heterocycles. The molecule has 2 N–H and O–H groups in total. The summed E-state index contributed by atoms with van der Waals surface area (Å²) < 4.78 is 10.6. The van der Waals surface area contributed by atoms with Gasteiger partial charge in [-0.05, 0) is 38.5 Å². The monoisotopic (exact) mass is 295 g/mol. The number of rotatable bonds is 8. The second-order valence-corrected chi connectivity index (χ2v) is 4.61. The number of carbonyl (C=O) groups excluding carboxylic acids is 1. The standard InChI is InChI=1S/C15H21NO5/c1-4-21-13-9-11(6-7-12(13)20-3)15(19)16-10(2)5-8-14(17)18/h6-7,9-10H,4-5,8H2,1-3H3,(H,16,19)(H,17,18). The van der Waals surface area contributed by atoms with Gasteiger partial charge in [-0.15, -0.1) is 0 Å². The van der Waals surface area contributed by atoms with E-state index in [9.17, 15) is 9.59 Å². The van der Waals surface area contributed by atoms with Crippen LogP contribution < -0.4 is 14.8 Å². The Kier molecular flexibility index (Phi) is 6.52. The Bertz CT molecular complexity index is 501. The van der Waals surface area contributed by atoms with E-state index in [2.05, 4.69) is 5.32 Å². The van der Waals surface area contributed by atoms with Gasteiger partial charge in [0.25, 0.3) is 5.91 Å². The summed E-state index contributed by atoms with van der Waals surface area (Å²) in [6, 6.07) is 4.70. The van der Waals surface area contributed by atoms with Crippen molar-refractivity contribution in [2.75, 3.05) is 13.7 Å². The molecule has 0 saturated carbocycles. The van der Waals surface area contributed by atoms with E-state index in [1.165, 1.54) is 7.11 Å². The highest BCUT2D eigenvalue weighted by Crippen LogP contribution is 2.28. The number of benzene rings is 1. The van der Waals surface area contributed by atoms with Crippen LogP contribution in [0.15, 0.2) is 18.2 Å². The van der Waals surface area contributed by atoms with Crippen molar-refractivity contribution >= 4 is 11.9 Å². The molecule has 0 radical (unpaired) electrons. The maximum absolute atomic E-state index is 12.1. The number of carbonyl (C=O) groups is 2. The molecule has 1 amide bonds. The molecule has 0 bridgehead atoms. The molecule has 6 heteroatoms. The third-order valence-electron chi connectivity index (χ3n) is 2.89. The smallest absolute Gasteiger partial charge is 0.303 e. The molecule has 0 aliphatic rings. The molecule has 0 fully saturated rings. The van der Waals surface area contributed by atoms with E-state index in [4.69, 9.17) is 14.6 Å². The van der Waals surface area contributed by atoms with Crippen molar-refractivity contribution in [3.8, 4) is 11.5 Å². The Morgan fingerprint density at radius 2 is 2.05 bits per heavy atom. The highest BCUT2D eigenvalue weighted by atomic mass is 16.5. The lowest BCUT2D eigenvalue weighted by Gasteiger charge is -2.14. The lowest BCUT2D eigenvalue weighted by Crippen LogP contribution is -2.32. The van der Waals surface area contributed by atoms with Crippen LogP contribution in [0.2, 0.25) is 0 Å². The highest BCUT2D eigenvalue weighted by molar-refractivity contribution is 5.95. The van der Waals surface area contributed by atoms with E-state index in [-0.39, 0.29) is 18.4 Å². The van der Waals surface area contributed by atoms with E-state index >= 15 is 0 Å². The van der Waals surface area contributed by atoms with Gasteiger partial charge in [-0.25, -0.2) is 0 Å². The molecule has 0 aromatic heterocycles. The van der Waals surface area contributed by atoms with E-state index in [1.807, 2.05) is 6.92 Å². The summed E-state index contributed by atoms with van der Waals surface area (Å²) in [4.78, 5) is 22.6. The van der Waals surface area contributed by atoms with E-state index in [1.54, 1.807) is 25.1 Å². The summed E-state index contributed by atoms with van der Waals surface area (Å²) >= 11 is 0. The zero-order valence-electron chi connectivity index (χ0n) is 12.5. The van der Waals surface area contributed by atoms with Gasteiger partial charge in [0.1, 0.15) is 0 Å². The maximum atomic E-state index is 12.1. The summed E-state index contributed by atoms with van der Waals surface area (Å²) in [5.74, 6) is -0.0751. The summed E-state index contributed by atoms with van der Waals surface area (Å²) in [7, 11) is 1.53. The second kappa shape index (κ2) is 8.14. The van der Waals surface area contributed by atoms with Crippen molar-refractivity contribution < 1.29 is 24.2 Å². The number of nitrogens with one attached hydrogen (secondary N) is 1. The van der Waals surface area contributed by atoms with Gasteiger partial charge >= 0.3 is 5.97 Å². The topological polar surface area (TPSA) is 84.9 Å². The predicted octanol–water partition coefficient (Wildman–Crippen LogP) is 2.08. The first-order valence-corrected chi connectivity index (χ1v) is 6.81. The molecule has 116 valence electrons. The normalized spacial score (nSPS) is 11.6. The zero-order chi connectivity index (χ0) is 15.8. The van der Waals surface area contributed by atoms with Crippen LogP contribution in [-0.4, -0.2) is 36.7 Å².